The fourth-order valence-electron chi connectivity index (χ4n) is 0.646. The summed E-state index contributed by atoms with van der Waals surface area (Å²) >= 11 is 4.81. The molecule has 0 aliphatic carbocycles. The zero-order valence-electron chi connectivity index (χ0n) is 6.74. The molecule has 0 aliphatic rings. The topological polar surface area (TPSA) is 48.2 Å². The number of sulfonamides is 1. The molecule has 0 atom stereocenters. The third kappa shape index (κ3) is 3.92. The molecule has 0 unspecified atom stereocenters. The van der Waals surface area contributed by atoms with Gasteiger partial charge in [0, 0.05) is 4.90 Å². The van der Waals surface area contributed by atoms with E-state index in [1.807, 2.05) is 0 Å². The van der Waals surface area contributed by atoms with Crippen LogP contribution in [0.25, 0.3) is 4.24 Å². The summed E-state index contributed by atoms with van der Waals surface area (Å²) in [4.78, 5) is -0.126. The van der Waals surface area contributed by atoms with E-state index in [1.165, 1.54) is 0 Å². The first-order valence-electron chi connectivity index (χ1n) is 2.90. The second kappa shape index (κ2) is 5.77. The second-order valence-corrected chi connectivity index (χ2v) is 3.97. The Morgan fingerprint density at radius 3 is 2.08 bits per heavy atom. The van der Waals surface area contributed by atoms with Crippen molar-refractivity contribution in [3.63, 3.8) is 0 Å². The van der Waals surface area contributed by atoms with Crippen LogP contribution in [0.4, 0.5) is 4.39 Å². The Labute approximate surface area is 123 Å². The van der Waals surface area contributed by atoms with Gasteiger partial charge in [-0.15, -0.1) is 0 Å². The van der Waals surface area contributed by atoms with Crippen molar-refractivity contribution in [2.24, 2.45) is 0 Å². The van der Waals surface area contributed by atoms with Crippen molar-refractivity contribution in [2.75, 3.05) is 0 Å². The van der Waals surface area contributed by atoms with E-state index < -0.39 is 15.8 Å². The standard InChI is InChI=1S/C6H4ClFNO2S.K/c7-9-12(10,11)6-3-1-5(8)2-4-6;/h1-4H;/q-1;+1. The Morgan fingerprint density at radius 1 is 1.23 bits per heavy atom. The van der Waals surface area contributed by atoms with E-state index >= 15 is 0 Å². The fourth-order valence-corrected chi connectivity index (χ4v) is 1.45. The van der Waals surface area contributed by atoms with Gasteiger partial charge in [0.15, 0.2) is 0 Å². The normalized spacial score (nSPS) is 10.6. The van der Waals surface area contributed by atoms with Crippen molar-refractivity contribution in [3.8, 4) is 0 Å². The maximum absolute atomic E-state index is 12.3. The van der Waals surface area contributed by atoms with Crippen LogP contribution in [0.5, 0.6) is 0 Å². The van der Waals surface area contributed by atoms with Gasteiger partial charge in [-0.3, -0.25) is 11.8 Å². The van der Waals surface area contributed by atoms with Gasteiger partial charge in [-0.25, -0.2) is 12.8 Å². The number of halogens is 2. The van der Waals surface area contributed by atoms with E-state index in [-0.39, 0.29) is 56.3 Å². The minimum Gasteiger partial charge on any atom is -0.458 e. The van der Waals surface area contributed by atoms with Crippen LogP contribution >= 0.6 is 11.8 Å². The maximum atomic E-state index is 12.3. The molecule has 0 saturated carbocycles. The molecule has 1 rings (SSSR count). The van der Waals surface area contributed by atoms with Gasteiger partial charge in [-0.1, -0.05) is 0 Å². The number of nitrogens with zero attached hydrogens (tertiary/aromatic N) is 1. The van der Waals surface area contributed by atoms with E-state index in [0.717, 1.165) is 24.3 Å². The molecule has 0 spiro atoms. The SMILES string of the molecule is O=S(=O)([N-]Cl)c1ccc(F)cc1.[K+]. The first-order chi connectivity index (χ1) is 5.56. The molecule has 1 aromatic rings. The molecule has 0 heterocycles. The quantitative estimate of drug-likeness (QED) is 0.633. The van der Waals surface area contributed by atoms with Gasteiger partial charge < -0.3 is 4.24 Å². The molecular weight excluding hydrogens is 244 g/mol. The molecule has 0 N–H and O–H groups in total. The van der Waals surface area contributed by atoms with Gasteiger partial charge >= 0.3 is 51.4 Å². The maximum Gasteiger partial charge on any atom is 1.00 e. The molecule has 13 heavy (non-hydrogen) atoms. The molecule has 0 fully saturated rings. The second-order valence-electron chi connectivity index (χ2n) is 2.00. The molecule has 0 aromatic heterocycles. The van der Waals surface area contributed by atoms with Crippen LogP contribution in [0.1, 0.15) is 0 Å². The minimum atomic E-state index is -3.79. The van der Waals surface area contributed by atoms with Crippen molar-refractivity contribution in [2.45, 2.75) is 4.90 Å². The van der Waals surface area contributed by atoms with E-state index in [2.05, 4.69) is 4.24 Å². The summed E-state index contributed by atoms with van der Waals surface area (Å²) in [6.45, 7) is 0. The summed E-state index contributed by atoms with van der Waals surface area (Å²) in [6, 6.07) is 4.23. The smallest absolute Gasteiger partial charge is 0.458 e. The molecular formula is C6H4ClFKNO2S. The average molecular weight is 248 g/mol. The Bertz CT molecular complexity index is 367. The monoisotopic (exact) mass is 247 g/mol. The largest absolute Gasteiger partial charge is 1.00 e. The number of hydrogen-bond donors (Lipinski definition) is 0. The Kier molecular flexibility index (Phi) is 6.20. The molecule has 7 heteroatoms. The summed E-state index contributed by atoms with van der Waals surface area (Å²) in [7, 11) is -3.79. The molecule has 0 radical (unpaired) electrons. The third-order valence-electron chi connectivity index (χ3n) is 1.20. The van der Waals surface area contributed by atoms with Gasteiger partial charge in [0.2, 0.25) is 0 Å². The Hall–Kier alpha value is 0.986. The van der Waals surface area contributed by atoms with Crippen molar-refractivity contribution in [3.05, 3.63) is 34.3 Å². The van der Waals surface area contributed by atoms with Gasteiger partial charge in [0.05, 0.1) is 0 Å². The van der Waals surface area contributed by atoms with Crippen molar-refractivity contribution < 1.29 is 64.2 Å². The Balaban J connectivity index is 0.00000144. The predicted molar refractivity (Wildman–Crippen MR) is 42.8 cm³/mol. The van der Waals surface area contributed by atoms with Crippen LogP contribution in [0.2, 0.25) is 0 Å². The molecule has 1 aromatic carbocycles. The van der Waals surface area contributed by atoms with Crippen molar-refractivity contribution >= 4 is 21.8 Å². The Morgan fingerprint density at radius 2 is 1.69 bits per heavy atom. The summed E-state index contributed by atoms with van der Waals surface area (Å²) in [5.41, 5.74) is 0. The van der Waals surface area contributed by atoms with Crippen molar-refractivity contribution in [1.82, 2.24) is 0 Å². The molecule has 66 valence electrons. The molecule has 0 saturated heterocycles. The van der Waals surface area contributed by atoms with E-state index in [1.54, 1.807) is 0 Å². The predicted octanol–water partition coefficient (Wildman–Crippen LogP) is -0.954. The van der Waals surface area contributed by atoms with Crippen molar-refractivity contribution in [1.29, 1.82) is 0 Å². The molecule has 0 amide bonds. The zero-order chi connectivity index (χ0) is 9.19. The van der Waals surface area contributed by atoms with Crippen LogP contribution in [-0.2, 0) is 10.0 Å². The number of rotatable bonds is 2. The van der Waals surface area contributed by atoms with Gasteiger partial charge in [-0.2, -0.15) is 0 Å². The van der Waals surface area contributed by atoms with Gasteiger partial charge in [0.1, 0.15) is 15.8 Å². The summed E-state index contributed by atoms with van der Waals surface area (Å²) in [5.74, 6) is -0.511. The van der Waals surface area contributed by atoms with E-state index in [9.17, 15) is 12.8 Å². The first kappa shape index (κ1) is 14.0. The summed E-state index contributed by atoms with van der Waals surface area (Å²) in [6.07, 6.45) is 0. The van der Waals surface area contributed by atoms with E-state index in [4.69, 9.17) is 11.8 Å². The van der Waals surface area contributed by atoms with Crippen LogP contribution in [0, 0.1) is 5.82 Å². The number of hydrogen-bond acceptors (Lipinski definition) is 2. The fraction of sp³-hybridized carbons (Fsp3) is 0. The van der Waals surface area contributed by atoms with Crippen LogP contribution < -0.4 is 51.4 Å². The number of benzene rings is 1. The summed E-state index contributed by atoms with van der Waals surface area (Å²) in [5, 5.41) is 0. The van der Waals surface area contributed by atoms with E-state index in [0.29, 0.717) is 0 Å². The van der Waals surface area contributed by atoms with Crippen LogP contribution in [-0.4, -0.2) is 8.42 Å². The van der Waals surface area contributed by atoms with Crippen LogP contribution in [0.15, 0.2) is 29.2 Å². The minimum absolute atomic E-state index is 0. The third-order valence-corrected chi connectivity index (χ3v) is 2.80. The summed E-state index contributed by atoms with van der Waals surface area (Å²) < 4.78 is 36.7. The van der Waals surface area contributed by atoms with Gasteiger partial charge in [-0.05, 0) is 24.3 Å². The van der Waals surface area contributed by atoms with Crippen LogP contribution in [0.3, 0.4) is 0 Å². The molecule has 3 nitrogen and oxygen atoms in total. The van der Waals surface area contributed by atoms with Gasteiger partial charge in [0.25, 0.3) is 0 Å². The average Bonchev–Trinajstić information content (AvgIpc) is 2.05. The zero-order valence-corrected chi connectivity index (χ0v) is 11.4. The molecule has 0 aliphatic heterocycles. The molecule has 0 bridgehead atoms. The first-order valence-corrected chi connectivity index (χ1v) is 4.68.